The monoisotopic (exact) mass is 253 g/mol. The van der Waals surface area contributed by atoms with Crippen molar-refractivity contribution in [1.29, 1.82) is 0 Å². The van der Waals surface area contributed by atoms with Gasteiger partial charge in [0.25, 0.3) is 0 Å². The van der Waals surface area contributed by atoms with Gasteiger partial charge in [0.05, 0.1) is 11.0 Å². The Morgan fingerprint density at radius 3 is 2.94 bits per heavy atom. The lowest BCUT2D eigenvalue weighted by molar-refractivity contribution is -0.121. The topological polar surface area (TPSA) is 45.2 Å². The maximum absolute atomic E-state index is 12.4. The van der Waals surface area contributed by atoms with Crippen molar-refractivity contribution in [3.05, 3.63) is 10.4 Å². The summed E-state index contributed by atoms with van der Waals surface area (Å²) in [7, 11) is 1.86. The van der Waals surface area contributed by atoms with E-state index < -0.39 is 0 Å². The number of likely N-dealkylation sites (N-methyl/N-ethyl adjacent to an activating group) is 1. The van der Waals surface area contributed by atoms with E-state index >= 15 is 0 Å². The number of aromatic nitrogens is 1. The largest absolute Gasteiger partial charge is 0.309 e. The Kier molecular flexibility index (Phi) is 3.79. The first-order chi connectivity index (χ1) is 8.13. The minimum Gasteiger partial charge on any atom is -0.309 e. The number of hydrogen-bond acceptors (Lipinski definition) is 4. The van der Waals surface area contributed by atoms with Crippen LogP contribution >= 0.6 is 11.3 Å². The summed E-state index contributed by atoms with van der Waals surface area (Å²) in [5.74, 6) is 1.35. The number of nitrogens with zero attached hydrogens (tertiary/aromatic N) is 2. The summed E-state index contributed by atoms with van der Waals surface area (Å²) in [5, 5.41) is 6.11. The van der Waals surface area contributed by atoms with E-state index in [1.807, 2.05) is 24.3 Å². The lowest BCUT2D eigenvalue weighted by Crippen LogP contribution is -2.47. The first-order valence-electron chi connectivity index (χ1n) is 6.04. The highest BCUT2D eigenvalue weighted by molar-refractivity contribution is 7.09. The fraction of sp³-hybridized carbons (Fsp3) is 0.667. The van der Waals surface area contributed by atoms with Crippen LogP contribution in [0.25, 0.3) is 0 Å². The first-order valence-corrected chi connectivity index (χ1v) is 6.92. The lowest BCUT2D eigenvalue weighted by atomic mass is 9.98. The summed E-state index contributed by atoms with van der Waals surface area (Å²) in [6, 6.07) is -0.0838. The van der Waals surface area contributed by atoms with Crippen molar-refractivity contribution < 1.29 is 4.79 Å². The number of thiazole rings is 1. The lowest BCUT2D eigenvalue weighted by Gasteiger charge is -2.24. The van der Waals surface area contributed by atoms with Gasteiger partial charge in [-0.15, -0.1) is 11.3 Å². The summed E-state index contributed by atoms with van der Waals surface area (Å²) in [6.45, 7) is 4.88. The molecule has 1 aromatic heterocycles. The molecule has 0 bridgehead atoms. The minimum atomic E-state index is -0.0838. The highest BCUT2D eigenvalue weighted by atomic mass is 32.1. The van der Waals surface area contributed by atoms with E-state index in [0.29, 0.717) is 5.92 Å². The normalized spacial score (nSPS) is 26.1. The van der Waals surface area contributed by atoms with Gasteiger partial charge in [-0.3, -0.25) is 9.69 Å². The Labute approximate surface area is 106 Å². The van der Waals surface area contributed by atoms with E-state index in [1.165, 1.54) is 0 Å². The molecule has 1 aliphatic rings. The Hall–Kier alpha value is -0.940. The van der Waals surface area contributed by atoms with Gasteiger partial charge in [-0.25, -0.2) is 4.98 Å². The van der Waals surface area contributed by atoms with Crippen molar-refractivity contribution in [3.8, 4) is 0 Å². The van der Waals surface area contributed by atoms with Crippen LogP contribution in [0, 0.1) is 12.8 Å². The van der Waals surface area contributed by atoms with Crippen LogP contribution in [0.15, 0.2) is 5.38 Å². The van der Waals surface area contributed by atoms with E-state index in [4.69, 9.17) is 0 Å². The molecule has 94 valence electrons. The van der Waals surface area contributed by atoms with Gasteiger partial charge in [0.15, 0.2) is 0 Å². The van der Waals surface area contributed by atoms with Crippen LogP contribution in [0.4, 0.5) is 5.82 Å². The molecule has 0 radical (unpaired) electrons. The molecule has 0 aromatic carbocycles. The summed E-state index contributed by atoms with van der Waals surface area (Å²) in [4.78, 5) is 18.7. The zero-order chi connectivity index (χ0) is 12.4. The van der Waals surface area contributed by atoms with E-state index in [1.54, 1.807) is 11.3 Å². The van der Waals surface area contributed by atoms with Crippen molar-refractivity contribution in [2.45, 2.75) is 32.7 Å². The van der Waals surface area contributed by atoms with Crippen molar-refractivity contribution in [3.63, 3.8) is 0 Å². The molecule has 2 heterocycles. The van der Waals surface area contributed by atoms with Crippen LogP contribution in [0.5, 0.6) is 0 Å². The van der Waals surface area contributed by atoms with E-state index in [0.717, 1.165) is 30.2 Å². The van der Waals surface area contributed by atoms with Gasteiger partial charge in [-0.05, 0) is 32.7 Å². The first kappa shape index (κ1) is 12.5. The summed E-state index contributed by atoms with van der Waals surface area (Å²) >= 11 is 1.59. The zero-order valence-electron chi connectivity index (χ0n) is 10.6. The molecular weight excluding hydrogens is 234 g/mol. The third-order valence-corrected chi connectivity index (χ3v) is 4.10. The molecule has 17 heavy (non-hydrogen) atoms. The average Bonchev–Trinajstić information content (AvgIpc) is 2.65. The smallest absolute Gasteiger partial charge is 0.245 e. The fourth-order valence-corrected chi connectivity index (χ4v) is 2.97. The summed E-state index contributed by atoms with van der Waals surface area (Å²) in [5.41, 5.74) is 0. The third kappa shape index (κ3) is 2.50. The van der Waals surface area contributed by atoms with Crippen LogP contribution in [0.1, 0.15) is 24.8 Å². The predicted molar refractivity (Wildman–Crippen MR) is 70.4 cm³/mol. The second kappa shape index (κ2) is 5.14. The molecule has 2 rings (SSSR count). The van der Waals surface area contributed by atoms with Gasteiger partial charge < -0.3 is 5.32 Å². The van der Waals surface area contributed by atoms with E-state index in [9.17, 15) is 4.79 Å². The number of anilines is 1. The Bertz CT molecular complexity index is 404. The number of rotatable bonds is 2. The van der Waals surface area contributed by atoms with Crippen molar-refractivity contribution >= 4 is 23.1 Å². The molecule has 1 N–H and O–H groups in total. The van der Waals surface area contributed by atoms with E-state index in [-0.39, 0.29) is 11.9 Å². The van der Waals surface area contributed by atoms with Crippen molar-refractivity contribution in [2.24, 2.45) is 5.92 Å². The van der Waals surface area contributed by atoms with Crippen LogP contribution in [0.3, 0.4) is 0 Å². The second-order valence-electron chi connectivity index (χ2n) is 4.60. The molecule has 1 aromatic rings. The molecule has 2 unspecified atom stereocenters. The molecule has 0 aliphatic carbocycles. The van der Waals surface area contributed by atoms with Gasteiger partial charge >= 0.3 is 0 Å². The van der Waals surface area contributed by atoms with Gasteiger partial charge in [0.2, 0.25) is 5.91 Å². The number of nitrogens with one attached hydrogen (secondary N) is 1. The van der Waals surface area contributed by atoms with E-state index in [2.05, 4.69) is 17.2 Å². The molecule has 5 heteroatoms. The van der Waals surface area contributed by atoms with Crippen molar-refractivity contribution in [1.82, 2.24) is 10.3 Å². The average molecular weight is 253 g/mol. The number of carbonyl (C=O) groups excluding carboxylic acids is 1. The number of amides is 1. The SMILES string of the molecule is CNC1C(=O)N(c2csc(C)n2)CCCC1C. The van der Waals surface area contributed by atoms with Crippen molar-refractivity contribution in [2.75, 3.05) is 18.5 Å². The highest BCUT2D eigenvalue weighted by Gasteiger charge is 2.32. The molecule has 0 spiro atoms. The maximum atomic E-state index is 12.4. The fourth-order valence-electron chi connectivity index (χ4n) is 2.37. The van der Waals surface area contributed by atoms with Crippen LogP contribution < -0.4 is 10.2 Å². The molecular formula is C12H19N3OS. The molecule has 1 aliphatic heterocycles. The standard InChI is InChI=1S/C12H19N3OS/c1-8-5-4-6-15(12(16)11(8)13-3)10-7-17-9(2)14-10/h7-8,11,13H,4-6H2,1-3H3. The van der Waals surface area contributed by atoms with Crippen LogP contribution in [-0.2, 0) is 4.79 Å². The molecule has 1 fully saturated rings. The van der Waals surface area contributed by atoms with Gasteiger partial charge in [0.1, 0.15) is 5.82 Å². The van der Waals surface area contributed by atoms with Crippen LogP contribution in [0.2, 0.25) is 0 Å². The third-order valence-electron chi connectivity index (χ3n) is 3.34. The summed E-state index contributed by atoms with van der Waals surface area (Å²) in [6.07, 6.45) is 2.12. The molecule has 4 nitrogen and oxygen atoms in total. The Morgan fingerprint density at radius 2 is 2.35 bits per heavy atom. The molecule has 1 amide bonds. The Balaban J connectivity index is 2.25. The number of carbonyl (C=O) groups is 1. The minimum absolute atomic E-state index is 0.0838. The van der Waals surface area contributed by atoms with Gasteiger partial charge in [-0.1, -0.05) is 6.92 Å². The molecule has 0 saturated carbocycles. The number of hydrogen-bond donors (Lipinski definition) is 1. The van der Waals surface area contributed by atoms with Gasteiger partial charge in [0, 0.05) is 11.9 Å². The molecule has 1 saturated heterocycles. The Morgan fingerprint density at radius 1 is 1.59 bits per heavy atom. The van der Waals surface area contributed by atoms with Crippen LogP contribution in [-0.4, -0.2) is 30.5 Å². The second-order valence-corrected chi connectivity index (χ2v) is 5.66. The number of aryl methyl sites for hydroxylation is 1. The molecule has 2 atom stereocenters. The summed E-state index contributed by atoms with van der Waals surface area (Å²) < 4.78 is 0. The quantitative estimate of drug-likeness (QED) is 0.874. The van der Waals surface area contributed by atoms with Gasteiger partial charge in [-0.2, -0.15) is 0 Å². The highest BCUT2D eigenvalue weighted by Crippen LogP contribution is 2.24. The zero-order valence-corrected chi connectivity index (χ0v) is 11.4. The maximum Gasteiger partial charge on any atom is 0.245 e. The predicted octanol–water partition coefficient (Wildman–Crippen LogP) is 1.80.